The van der Waals surface area contributed by atoms with Gasteiger partial charge < -0.3 is 4.90 Å². The number of hydrogen-bond donors (Lipinski definition) is 0. The van der Waals surface area contributed by atoms with Crippen molar-refractivity contribution in [1.29, 1.82) is 0 Å². The Morgan fingerprint density at radius 1 is 1.05 bits per heavy atom. The molecule has 4 aromatic rings. The van der Waals surface area contributed by atoms with Gasteiger partial charge in [-0.25, -0.2) is 4.98 Å². The minimum atomic E-state index is -0.164. The number of nitrogens with zero attached hydrogens (tertiary/aromatic N) is 3. The standard InChI is InChI=1S/C36H40ClN3O2S/c1-6-24-12-11-13-25(7-2)33(24)40-32(20-23(4)5)29(35(41)39-19-10-9-14-28(39)8-3)21-30(36(40)42)34-38-31(22-43-34)26-15-17-27(37)18-16-26/h11-13,15-18,20-22,28H,6-10,14,19H2,1-5H3. The number of halogens is 1. The van der Waals surface area contributed by atoms with Gasteiger partial charge in [-0.15, -0.1) is 11.3 Å². The van der Waals surface area contributed by atoms with Gasteiger partial charge in [0.25, 0.3) is 11.5 Å². The number of rotatable bonds is 8. The fraction of sp³-hybridized carbons (Fsp3) is 0.361. The van der Waals surface area contributed by atoms with Gasteiger partial charge in [0.05, 0.1) is 28.2 Å². The van der Waals surface area contributed by atoms with E-state index < -0.39 is 0 Å². The number of thiazole rings is 1. The Kier molecular flexibility index (Phi) is 9.68. The molecule has 1 amide bonds. The van der Waals surface area contributed by atoms with Crippen LogP contribution in [0.2, 0.25) is 5.02 Å². The molecule has 43 heavy (non-hydrogen) atoms. The van der Waals surface area contributed by atoms with E-state index in [-0.39, 0.29) is 17.5 Å². The Hall–Kier alpha value is -3.48. The molecule has 0 saturated carbocycles. The molecule has 1 aliphatic heterocycles. The molecule has 1 fully saturated rings. The Balaban J connectivity index is 1.83. The minimum Gasteiger partial charge on any atom is -0.336 e. The second kappa shape index (κ2) is 13.4. The Bertz CT molecular complexity index is 1690. The molecule has 1 atom stereocenters. The third-order valence-corrected chi connectivity index (χ3v) is 9.44. The van der Waals surface area contributed by atoms with Crippen molar-refractivity contribution in [2.24, 2.45) is 0 Å². The number of amides is 1. The number of pyridine rings is 1. The average Bonchev–Trinajstić information content (AvgIpc) is 3.51. The van der Waals surface area contributed by atoms with E-state index in [0.29, 0.717) is 26.9 Å². The van der Waals surface area contributed by atoms with E-state index in [1.807, 2.05) is 65.1 Å². The van der Waals surface area contributed by atoms with Crippen LogP contribution in [0.3, 0.4) is 0 Å². The number of aryl methyl sites for hydroxylation is 2. The van der Waals surface area contributed by atoms with E-state index in [9.17, 15) is 9.59 Å². The second-order valence-electron chi connectivity index (χ2n) is 11.5. The van der Waals surface area contributed by atoms with Crippen molar-refractivity contribution in [3.05, 3.63) is 97.2 Å². The van der Waals surface area contributed by atoms with Crippen LogP contribution in [-0.2, 0) is 12.8 Å². The third kappa shape index (κ3) is 6.27. The fourth-order valence-electron chi connectivity index (χ4n) is 6.09. The van der Waals surface area contributed by atoms with Crippen molar-refractivity contribution in [2.45, 2.75) is 79.2 Å². The molecular formula is C36H40ClN3O2S. The van der Waals surface area contributed by atoms with E-state index in [1.165, 1.54) is 11.3 Å². The molecule has 5 rings (SSSR count). The number of likely N-dealkylation sites (tertiary alicyclic amines) is 1. The molecule has 1 saturated heterocycles. The van der Waals surface area contributed by atoms with Crippen LogP contribution in [0.15, 0.2) is 64.3 Å². The van der Waals surface area contributed by atoms with Crippen LogP contribution < -0.4 is 5.56 Å². The number of carbonyl (C=O) groups is 1. The van der Waals surface area contributed by atoms with Crippen molar-refractivity contribution in [2.75, 3.05) is 6.54 Å². The summed E-state index contributed by atoms with van der Waals surface area (Å²) in [6.07, 6.45) is 7.55. The SMILES string of the molecule is CCc1cccc(CC)c1-n1c(C=C(C)C)c(C(=O)N2CCCCC2CC)cc(-c2nc(-c3ccc(Cl)cc3)cs2)c1=O. The van der Waals surface area contributed by atoms with Gasteiger partial charge in [0, 0.05) is 28.6 Å². The van der Waals surface area contributed by atoms with Crippen LogP contribution in [0.5, 0.6) is 0 Å². The summed E-state index contributed by atoms with van der Waals surface area (Å²) in [7, 11) is 0. The van der Waals surface area contributed by atoms with E-state index in [1.54, 1.807) is 0 Å². The van der Waals surface area contributed by atoms with Crippen LogP contribution >= 0.6 is 22.9 Å². The van der Waals surface area contributed by atoms with Crippen LogP contribution in [0, 0.1) is 0 Å². The maximum absolute atomic E-state index is 14.7. The molecule has 7 heteroatoms. The zero-order valence-electron chi connectivity index (χ0n) is 25.7. The molecule has 0 spiro atoms. The molecule has 0 aliphatic carbocycles. The lowest BCUT2D eigenvalue weighted by atomic mass is 9.97. The summed E-state index contributed by atoms with van der Waals surface area (Å²) in [5.41, 5.74) is 7.21. The Labute approximate surface area is 263 Å². The van der Waals surface area contributed by atoms with E-state index in [2.05, 4.69) is 39.0 Å². The molecule has 5 nitrogen and oxygen atoms in total. The van der Waals surface area contributed by atoms with Gasteiger partial charge in [-0.2, -0.15) is 0 Å². The van der Waals surface area contributed by atoms with Gasteiger partial charge in [-0.3, -0.25) is 14.2 Å². The number of hydrogen-bond acceptors (Lipinski definition) is 4. The summed E-state index contributed by atoms with van der Waals surface area (Å²) in [6, 6.07) is 15.8. The van der Waals surface area contributed by atoms with Gasteiger partial charge in [-0.1, -0.05) is 68.3 Å². The van der Waals surface area contributed by atoms with E-state index in [4.69, 9.17) is 16.6 Å². The van der Waals surface area contributed by atoms with Crippen molar-refractivity contribution >= 4 is 34.9 Å². The van der Waals surface area contributed by atoms with Crippen molar-refractivity contribution in [3.8, 4) is 27.5 Å². The summed E-state index contributed by atoms with van der Waals surface area (Å²) < 4.78 is 1.81. The number of para-hydroxylation sites is 1. The van der Waals surface area contributed by atoms with Gasteiger partial charge >= 0.3 is 0 Å². The molecule has 0 radical (unpaired) electrons. The molecule has 1 aliphatic rings. The monoisotopic (exact) mass is 613 g/mol. The molecular weight excluding hydrogens is 574 g/mol. The smallest absolute Gasteiger partial charge is 0.265 e. The maximum Gasteiger partial charge on any atom is 0.265 e. The summed E-state index contributed by atoms with van der Waals surface area (Å²) in [5, 5.41) is 3.21. The van der Waals surface area contributed by atoms with Crippen molar-refractivity contribution < 1.29 is 4.79 Å². The maximum atomic E-state index is 14.7. The predicted molar refractivity (Wildman–Crippen MR) is 181 cm³/mol. The highest BCUT2D eigenvalue weighted by Gasteiger charge is 2.31. The molecule has 0 bridgehead atoms. The predicted octanol–water partition coefficient (Wildman–Crippen LogP) is 9.23. The molecule has 224 valence electrons. The molecule has 1 unspecified atom stereocenters. The van der Waals surface area contributed by atoms with Crippen LogP contribution in [0.1, 0.15) is 87.5 Å². The first-order valence-corrected chi connectivity index (χ1v) is 16.6. The minimum absolute atomic E-state index is 0.0180. The largest absolute Gasteiger partial charge is 0.336 e. The molecule has 0 N–H and O–H groups in total. The first kappa shape index (κ1) is 31.0. The van der Waals surface area contributed by atoms with Crippen LogP contribution in [0.4, 0.5) is 0 Å². The van der Waals surface area contributed by atoms with Crippen LogP contribution in [0.25, 0.3) is 33.6 Å². The number of benzene rings is 2. The van der Waals surface area contributed by atoms with E-state index in [0.717, 1.165) is 78.7 Å². The summed E-state index contributed by atoms with van der Waals surface area (Å²) in [5.74, 6) is -0.0180. The highest BCUT2D eigenvalue weighted by Crippen LogP contribution is 2.33. The quantitative estimate of drug-likeness (QED) is 0.199. The molecule has 2 aromatic heterocycles. The summed E-state index contributed by atoms with van der Waals surface area (Å²) in [4.78, 5) is 36.3. The van der Waals surface area contributed by atoms with Gasteiger partial charge in [0.1, 0.15) is 5.01 Å². The highest BCUT2D eigenvalue weighted by molar-refractivity contribution is 7.13. The van der Waals surface area contributed by atoms with Crippen LogP contribution in [-0.4, -0.2) is 32.9 Å². The lowest BCUT2D eigenvalue weighted by Crippen LogP contribution is -2.44. The number of allylic oxidation sites excluding steroid dienone is 1. The lowest BCUT2D eigenvalue weighted by molar-refractivity contribution is 0.0607. The second-order valence-corrected chi connectivity index (χ2v) is 12.7. The van der Waals surface area contributed by atoms with Crippen molar-refractivity contribution in [1.82, 2.24) is 14.5 Å². The number of carbonyl (C=O) groups excluding carboxylic acids is 1. The average molecular weight is 614 g/mol. The lowest BCUT2D eigenvalue weighted by Gasteiger charge is -2.36. The molecule has 2 aromatic carbocycles. The topological polar surface area (TPSA) is 55.2 Å². The number of aromatic nitrogens is 2. The Morgan fingerprint density at radius 3 is 2.37 bits per heavy atom. The summed E-state index contributed by atoms with van der Waals surface area (Å²) >= 11 is 7.55. The van der Waals surface area contributed by atoms with Crippen molar-refractivity contribution in [3.63, 3.8) is 0 Å². The third-order valence-electron chi connectivity index (χ3n) is 8.32. The van der Waals surface area contributed by atoms with Gasteiger partial charge in [0.2, 0.25) is 0 Å². The zero-order valence-corrected chi connectivity index (χ0v) is 27.3. The van der Waals surface area contributed by atoms with Gasteiger partial charge in [0.15, 0.2) is 0 Å². The van der Waals surface area contributed by atoms with Gasteiger partial charge in [-0.05, 0) is 87.8 Å². The fourth-order valence-corrected chi connectivity index (χ4v) is 7.05. The van der Waals surface area contributed by atoms with E-state index >= 15 is 0 Å². The molecule has 3 heterocycles. The normalized spacial score (nSPS) is 15.0. The highest BCUT2D eigenvalue weighted by atomic mass is 35.5. The zero-order chi connectivity index (χ0) is 30.7. The number of piperidine rings is 1. The first-order valence-electron chi connectivity index (χ1n) is 15.4. The first-order chi connectivity index (χ1) is 20.8. The Morgan fingerprint density at radius 2 is 1.74 bits per heavy atom. The summed E-state index contributed by atoms with van der Waals surface area (Å²) in [6.45, 7) is 11.1.